The second-order valence-corrected chi connectivity index (χ2v) is 4.16. The highest BCUT2D eigenvalue weighted by molar-refractivity contribution is 5.65. The lowest BCUT2D eigenvalue weighted by Crippen LogP contribution is -2.43. The Kier molecular flexibility index (Phi) is 2.52. The molecular formula is C11H15FN2O. The van der Waals surface area contributed by atoms with E-state index in [1.807, 2.05) is 0 Å². The van der Waals surface area contributed by atoms with Crippen LogP contribution in [0.25, 0.3) is 0 Å². The normalized spacial score (nSPS) is 18.3. The first kappa shape index (κ1) is 10.2. The molecule has 1 aromatic carbocycles. The molecule has 1 saturated carbocycles. The highest BCUT2D eigenvalue weighted by Crippen LogP contribution is 2.32. The number of aliphatic hydroxyl groups is 1. The van der Waals surface area contributed by atoms with Crippen molar-refractivity contribution in [3.05, 3.63) is 24.0 Å². The van der Waals surface area contributed by atoms with Crippen molar-refractivity contribution in [2.75, 3.05) is 17.6 Å². The molecule has 1 aliphatic rings. The molecule has 0 amide bonds. The fourth-order valence-corrected chi connectivity index (χ4v) is 1.72. The van der Waals surface area contributed by atoms with E-state index < -0.39 is 5.60 Å². The van der Waals surface area contributed by atoms with Crippen molar-refractivity contribution in [1.29, 1.82) is 0 Å². The topological polar surface area (TPSA) is 58.3 Å². The van der Waals surface area contributed by atoms with Gasteiger partial charge in [0.1, 0.15) is 5.82 Å². The summed E-state index contributed by atoms with van der Waals surface area (Å²) in [5, 5.41) is 12.9. The third-order valence-corrected chi connectivity index (χ3v) is 2.91. The average molecular weight is 210 g/mol. The Bertz CT molecular complexity index is 364. The Hall–Kier alpha value is -1.29. The van der Waals surface area contributed by atoms with Gasteiger partial charge >= 0.3 is 0 Å². The molecular weight excluding hydrogens is 195 g/mol. The predicted molar refractivity (Wildman–Crippen MR) is 58.1 cm³/mol. The van der Waals surface area contributed by atoms with E-state index in [1.165, 1.54) is 12.1 Å². The van der Waals surface area contributed by atoms with Crippen LogP contribution in [0.5, 0.6) is 0 Å². The molecule has 4 N–H and O–H groups in total. The molecule has 0 bridgehead atoms. The summed E-state index contributed by atoms with van der Waals surface area (Å²) in [6.45, 7) is 0.475. The van der Waals surface area contributed by atoms with Crippen molar-refractivity contribution in [2.24, 2.45) is 0 Å². The number of nitrogens with one attached hydrogen (secondary N) is 1. The number of anilines is 2. The van der Waals surface area contributed by atoms with E-state index in [0.29, 0.717) is 17.9 Å². The maximum atomic E-state index is 12.7. The van der Waals surface area contributed by atoms with Crippen LogP contribution in [-0.4, -0.2) is 17.3 Å². The summed E-state index contributed by atoms with van der Waals surface area (Å²) in [6.07, 6.45) is 2.71. The third kappa shape index (κ3) is 2.21. The number of nitrogens with two attached hydrogens (primary N) is 1. The van der Waals surface area contributed by atoms with Gasteiger partial charge in [-0.15, -0.1) is 0 Å². The first-order valence-electron chi connectivity index (χ1n) is 5.10. The van der Waals surface area contributed by atoms with Crippen LogP contribution in [0.3, 0.4) is 0 Å². The quantitative estimate of drug-likeness (QED) is 0.666. The Morgan fingerprint density at radius 3 is 2.73 bits per heavy atom. The van der Waals surface area contributed by atoms with Crippen molar-refractivity contribution in [3.63, 3.8) is 0 Å². The molecule has 1 aliphatic carbocycles. The Labute approximate surface area is 88.1 Å². The van der Waals surface area contributed by atoms with Gasteiger partial charge in [0.15, 0.2) is 0 Å². The highest BCUT2D eigenvalue weighted by atomic mass is 19.1. The third-order valence-electron chi connectivity index (χ3n) is 2.91. The zero-order valence-corrected chi connectivity index (χ0v) is 8.46. The van der Waals surface area contributed by atoms with Crippen molar-refractivity contribution in [1.82, 2.24) is 0 Å². The molecule has 0 spiro atoms. The van der Waals surface area contributed by atoms with Gasteiger partial charge in [-0.25, -0.2) is 4.39 Å². The van der Waals surface area contributed by atoms with Gasteiger partial charge < -0.3 is 16.2 Å². The number of nitrogen functional groups attached to an aromatic ring is 1. The monoisotopic (exact) mass is 210 g/mol. The minimum absolute atomic E-state index is 0.347. The van der Waals surface area contributed by atoms with Crippen LogP contribution in [0.4, 0.5) is 15.8 Å². The molecule has 0 unspecified atom stereocenters. The van der Waals surface area contributed by atoms with Gasteiger partial charge in [-0.05, 0) is 37.5 Å². The summed E-state index contributed by atoms with van der Waals surface area (Å²) in [5.74, 6) is -0.347. The zero-order valence-electron chi connectivity index (χ0n) is 8.46. The van der Waals surface area contributed by atoms with E-state index in [9.17, 15) is 9.50 Å². The van der Waals surface area contributed by atoms with Crippen LogP contribution < -0.4 is 11.1 Å². The summed E-state index contributed by atoms with van der Waals surface area (Å²) >= 11 is 0. The molecule has 0 atom stereocenters. The average Bonchev–Trinajstić information content (AvgIpc) is 2.14. The summed E-state index contributed by atoms with van der Waals surface area (Å²) in [4.78, 5) is 0. The van der Waals surface area contributed by atoms with Gasteiger partial charge in [0, 0.05) is 6.54 Å². The standard InChI is InChI=1S/C11H15FN2O/c12-8-2-3-10(9(13)6-8)14-7-11(15)4-1-5-11/h2-3,6,14-15H,1,4-5,7,13H2. The summed E-state index contributed by atoms with van der Waals surface area (Å²) in [7, 11) is 0. The zero-order chi connectivity index (χ0) is 10.9. The highest BCUT2D eigenvalue weighted by Gasteiger charge is 2.33. The van der Waals surface area contributed by atoms with Crippen LogP contribution in [0.15, 0.2) is 18.2 Å². The lowest BCUT2D eigenvalue weighted by molar-refractivity contribution is -0.0201. The van der Waals surface area contributed by atoms with E-state index >= 15 is 0 Å². The molecule has 15 heavy (non-hydrogen) atoms. The number of rotatable bonds is 3. The van der Waals surface area contributed by atoms with E-state index in [1.54, 1.807) is 6.07 Å². The van der Waals surface area contributed by atoms with Crippen molar-refractivity contribution >= 4 is 11.4 Å². The molecule has 82 valence electrons. The molecule has 2 rings (SSSR count). The summed E-state index contributed by atoms with van der Waals surface area (Å²) in [5.41, 5.74) is 6.08. The van der Waals surface area contributed by atoms with Crippen LogP contribution >= 0.6 is 0 Å². The fourth-order valence-electron chi connectivity index (χ4n) is 1.72. The van der Waals surface area contributed by atoms with Gasteiger partial charge in [0.2, 0.25) is 0 Å². The Balaban J connectivity index is 1.98. The van der Waals surface area contributed by atoms with Gasteiger partial charge in [0.05, 0.1) is 17.0 Å². The van der Waals surface area contributed by atoms with Crippen LogP contribution in [0.2, 0.25) is 0 Å². The Morgan fingerprint density at radius 1 is 1.47 bits per heavy atom. The van der Waals surface area contributed by atoms with E-state index in [-0.39, 0.29) is 5.82 Å². The second kappa shape index (κ2) is 3.70. The van der Waals surface area contributed by atoms with Crippen LogP contribution in [-0.2, 0) is 0 Å². The first-order valence-corrected chi connectivity index (χ1v) is 5.10. The van der Waals surface area contributed by atoms with Crippen LogP contribution in [0, 0.1) is 5.82 Å². The number of hydrogen-bond acceptors (Lipinski definition) is 3. The molecule has 0 saturated heterocycles. The smallest absolute Gasteiger partial charge is 0.125 e. The van der Waals surface area contributed by atoms with Gasteiger partial charge in [-0.1, -0.05) is 0 Å². The van der Waals surface area contributed by atoms with E-state index in [0.717, 1.165) is 19.3 Å². The summed E-state index contributed by atoms with van der Waals surface area (Å²) in [6, 6.07) is 4.21. The Morgan fingerprint density at radius 2 is 2.20 bits per heavy atom. The maximum Gasteiger partial charge on any atom is 0.125 e. The SMILES string of the molecule is Nc1cc(F)ccc1NCC1(O)CCC1. The van der Waals surface area contributed by atoms with Crippen molar-refractivity contribution < 1.29 is 9.50 Å². The van der Waals surface area contributed by atoms with Crippen molar-refractivity contribution in [2.45, 2.75) is 24.9 Å². The lowest BCUT2D eigenvalue weighted by atomic mass is 9.80. The molecule has 0 aromatic heterocycles. The largest absolute Gasteiger partial charge is 0.397 e. The molecule has 0 radical (unpaired) electrons. The summed E-state index contributed by atoms with van der Waals surface area (Å²) < 4.78 is 12.7. The van der Waals surface area contributed by atoms with Gasteiger partial charge in [-0.2, -0.15) is 0 Å². The van der Waals surface area contributed by atoms with Gasteiger partial charge in [-0.3, -0.25) is 0 Å². The minimum atomic E-state index is -0.596. The molecule has 3 nitrogen and oxygen atoms in total. The first-order chi connectivity index (χ1) is 7.09. The van der Waals surface area contributed by atoms with Crippen molar-refractivity contribution in [3.8, 4) is 0 Å². The molecule has 0 aliphatic heterocycles. The molecule has 0 heterocycles. The maximum absolute atomic E-state index is 12.7. The molecule has 1 aromatic rings. The minimum Gasteiger partial charge on any atom is -0.397 e. The molecule has 4 heteroatoms. The number of hydrogen-bond donors (Lipinski definition) is 3. The van der Waals surface area contributed by atoms with E-state index in [4.69, 9.17) is 5.73 Å². The predicted octanol–water partition coefficient (Wildman–Crippen LogP) is 1.73. The van der Waals surface area contributed by atoms with E-state index in [2.05, 4.69) is 5.32 Å². The lowest BCUT2D eigenvalue weighted by Gasteiger charge is -2.37. The van der Waals surface area contributed by atoms with Gasteiger partial charge in [0.25, 0.3) is 0 Å². The number of halogens is 1. The fraction of sp³-hybridized carbons (Fsp3) is 0.455. The second-order valence-electron chi connectivity index (χ2n) is 4.16. The molecule has 1 fully saturated rings. The number of benzene rings is 1. The van der Waals surface area contributed by atoms with Crippen LogP contribution in [0.1, 0.15) is 19.3 Å².